The molecule has 3 rings (SSSR count). The molecule has 0 atom stereocenters. The first-order valence-electron chi connectivity index (χ1n) is 10.2. The van der Waals surface area contributed by atoms with Crippen molar-refractivity contribution in [3.05, 3.63) is 70.5 Å². The van der Waals surface area contributed by atoms with E-state index in [4.69, 9.17) is 16.3 Å². The molecule has 1 heterocycles. The third-order valence-electron chi connectivity index (χ3n) is 4.64. The fourth-order valence-corrected chi connectivity index (χ4v) is 4.24. The third-order valence-corrected chi connectivity index (χ3v) is 5.88. The lowest BCUT2D eigenvalue weighted by Crippen LogP contribution is -2.25. The van der Waals surface area contributed by atoms with E-state index in [9.17, 15) is 4.79 Å². The van der Waals surface area contributed by atoms with E-state index in [0.717, 1.165) is 45.0 Å². The summed E-state index contributed by atoms with van der Waals surface area (Å²) in [5.74, 6) is 1.50. The quantitative estimate of drug-likeness (QED) is 0.335. The molecule has 31 heavy (non-hydrogen) atoms. The molecule has 1 N–H and O–H groups in total. The van der Waals surface area contributed by atoms with E-state index >= 15 is 0 Å². The zero-order valence-corrected chi connectivity index (χ0v) is 19.4. The van der Waals surface area contributed by atoms with Crippen LogP contribution in [-0.2, 0) is 21.7 Å². The van der Waals surface area contributed by atoms with Crippen LogP contribution in [0.1, 0.15) is 29.8 Å². The Kier molecular flexibility index (Phi) is 8.94. The van der Waals surface area contributed by atoms with Gasteiger partial charge in [0.05, 0.1) is 0 Å². The van der Waals surface area contributed by atoms with Crippen LogP contribution >= 0.6 is 23.4 Å². The summed E-state index contributed by atoms with van der Waals surface area (Å²) in [5, 5.41) is 13.3. The second kappa shape index (κ2) is 11.9. The number of aryl methyl sites for hydroxylation is 2. The lowest BCUT2D eigenvalue weighted by atomic mass is 10.2. The lowest BCUT2D eigenvalue weighted by molar-refractivity contribution is -0.121. The second-order valence-corrected chi connectivity index (χ2v) is 8.57. The number of ether oxygens (including phenoxy) is 1. The smallest absolute Gasteiger partial charge is 0.220 e. The van der Waals surface area contributed by atoms with Gasteiger partial charge in [0.2, 0.25) is 5.91 Å². The van der Waals surface area contributed by atoms with Gasteiger partial charge in [-0.25, -0.2) is 0 Å². The largest absolute Gasteiger partial charge is 0.385 e. The molecule has 0 saturated heterocycles. The van der Waals surface area contributed by atoms with Crippen LogP contribution in [-0.4, -0.2) is 40.9 Å². The topological polar surface area (TPSA) is 69.0 Å². The van der Waals surface area contributed by atoms with Crippen molar-refractivity contribution < 1.29 is 9.53 Å². The number of halogens is 1. The van der Waals surface area contributed by atoms with Crippen LogP contribution in [0.25, 0.3) is 5.69 Å². The van der Waals surface area contributed by atoms with Gasteiger partial charge in [-0.15, -0.1) is 10.2 Å². The van der Waals surface area contributed by atoms with E-state index in [1.807, 2.05) is 41.0 Å². The highest BCUT2D eigenvalue weighted by Crippen LogP contribution is 2.27. The Hall–Kier alpha value is -2.35. The maximum Gasteiger partial charge on any atom is 0.220 e. The number of benzene rings is 2. The molecule has 0 saturated carbocycles. The molecule has 0 radical (unpaired) electrons. The van der Waals surface area contributed by atoms with Crippen molar-refractivity contribution >= 4 is 29.3 Å². The molecule has 0 aliphatic heterocycles. The molecule has 0 unspecified atom stereocenters. The Morgan fingerprint density at radius 1 is 1.19 bits per heavy atom. The van der Waals surface area contributed by atoms with Crippen molar-refractivity contribution in [3.63, 3.8) is 0 Å². The SMILES string of the molecule is COCCCNC(=O)CCc1nnc(SCc2cccc(Cl)c2)n1-c1cccc(C)c1. The number of thioether (sulfide) groups is 1. The molecule has 8 heteroatoms. The average molecular weight is 459 g/mol. The van der Waals surface area contributed by atoms with Gasteiger partial charge < -0.3 is 10.1 Å². The monoisotopic (exact) mass is 458 g/mol. The molecular formula is C23H27ClN4O2S. The molecule has 0 aliphatic carbocycles. The fourth-order valence-electron chi connectivity index (χ4n) is 3.11. The highest BCUT2D eigenvalue weighted by molar-refractivity contribution is 7.98. The zero-order chi connectivity index (χ0) is 22.1. The van der Waals surface area contributed by atoms with Crippen molar-refractivity contribution in [1.82, 2.24) is 20.1 Å². The van der Waals surface area contributed by atoms with Gasteiger partial charge in [0.1, 0.15) is 5.82 Å². The van der Waals surface area contributed by atoms with Crippen LogP contribution < -0.4 is 5.32 Å². The number of rotatable bonds is 11. The van der Waals surface area contributed by atoms with Gasteiger partial charge in [-0.3, -0.25) is 9.36 Å². The number of carbonyl (C=O) groups excluding carboxylic acids is 1. The molecule has 0 fully saturated rings. The Morgan fingerprint density at radius 3 is 2.81 bits per heavy atom. The minimum Gasteiger partial charge on any atom is -0.385 e. The highest BCUT2D eigenvalue weighted by Gasteiger charge is 2.16. The van der Waals surface area contributed by atoms with Crippen LogP contribution in [0.5, 0.6) is 0 Å². The lowest BCUT2D eigenvalue weighted by Gasteiger charge is -2.11. The van der Waals surface area contributed by atoms with E-state index in [1.165, 1.54) is 0 Å². The van der Waals surface area contributed by atoms with Crippen LogP contribution in [0.2, 0.25) is 5.02 Å². The summed E-state index contributed by atoms with van der Waals surface area (Å²) in [4.78, 5) is 12.2. The van der Waals surface area contributed by atoms with Crippen molar-refractivity contribution in [2.24, 2.45) is 0 Å². The minimum absolute atomic E-state index is 0.00280. The number of carbonyl (C=O) groups is 1. The maximum absolute atomic E-state index is 12.2. The highest BCUT2D eigenvalue weighted by atomic mass is 35.5. The fraction of sp³-hybridized carbons (Fsp3) is 0.348. The van der Waals surface area contributed by atoms with Crippen molar-refractivity contribution in [1.29, 1.82) is 0 Å². The summed E-state index contributed by atoms with van der Waals surface area (Å²) in [5.41, 5.74) is 3.27. The number of methoxy groups -OCH3 is 1. The van der Waals surface area contributed by atoms with Gasteiger partial charge in [0.25, 0.3) is 0 Å². The first-order chi connectivity index (χ1) is 15.1. The third kappa shape index (κ3) is 7.09. The van der Waals surface area contributed by atoms with Crippen molar-refractivity contribution in [2.75, 3.05) is 20.3 Å². The molecular weight excluding hydrogens is 432 g/mol. The molecule has 1 aromatic heterocycles. The summed E-state index contributed by atoms with van der Waals surface area (Å²) in [6, 6.07) is 16.0. The Balaban J connectivity index is 1.73. The Labute approximate surface area is 192 Å². The predicted octanol–water partition coefficient (Wildman–Crippen LogP) is 4.61. The van der Waals surface area contributed by atoms with Gasteiger partial charge in [-0.05, 0) is 48.7 Å². The molecule has 164 valence electrons. The van der Waals surface area contributed by atoms with E-state index in [2.05, 4.69) is 34.6 Å². The summed E-state index contributed by atoms with van der Waals surface area (Å²) >= 11 is 7.71. The summed E-state index contributed by atoms with van der Waals surface area (Å²) in [7, 11) is 1.65. The van der Waals surface area contributed by atoms with Crippen LogP contribution in [0.15, 0.2) is 53.7 Å². The predicted molar refractivity (Wildman–Crippen MR) is 125 cm³/mol. The first-order valence-corrected chi connectivity index (χ1v) is 11.6. The number of aromatic nitrogens is 3. The summed E-state index contributed by atoms with van der Waals surface area (Å²) < 4.78 is 7.05. The zero-order valence-electron chi connectivity index (χ0n) is 17.8. The number of hydrogen-bond donors (Lipinski definition) is 1. The molecule has 0 aliphatic rings. The van der Waals surface area contributed by atoms with E-state index in [1.54, 1.807) is 18.9 Å². The molecule has 0 bridgehead atoms. The van der Waals surface area contributed by atoms with Gasteiger partial charge in [-0.1, -0.05) is 47.6 Å². The maximum atomic E-state index is 12.2. The van der Waals surface area contributed by atoms with E-state index < -0.39 is 0 Å². The molecule has 2 aromatic carbocycles. The molecule has 3 aromatic rings. The van der Waals surface area contributed by atoms with Gasteiger partial charge >= 0.3 is 0 Å². The minimum atomic E-state index is 0.00280. The van der Waals surface area contributed by atoms with Gasteiger partial charge in [0, 0.05) is 49.6 Å². The van der Waals surface area contributed by atoms with Crippen molar-refractivity contribution in [3.8, 4) is 5.69 Å². The van der Waals surface area contributed by atoms with E-state index in [-0.39, 0.29) is 5.91 Å². The normalized spacial score (nSPS) is 10.9. The van der Waals surface area contributed by atoms with Crippen LogP contribution in [0, 0.1) is 6.92 Å². The summed E-state index contributed by atoms with van der Waals surface area (Å²) in [6.07, 6.45) is 1.66. The average Bonchev–Trinajstić information content (AvgIpc) is 3.17. The number of amides is 1. The number of nitrogens with zero attached hydrogens (tertiary/aromatic N) is 3. The molecule has 0 spiro atoms. The van der Waals surface area contributed by atoms with E-state index in [0.29, 0.717) is 26.0 Å². The number of hydrogen-bond acceptors (Lipinski definition) is 5. The van der Waals surface area contributed by atoms with Crippen LogP contribution in [0.4, 0.5) is 0 Å². The molecule has 6 nitrogen and oxygen atoms in total. The Morgan fingerprint density at radius 2 is 2.03 bits per heavy atom. The summed E-state index contributed by atoms with van der Waals surface area (Å²) in [6.45, 7) is 3.30. The number of nitrogens with one attached hydrogen (secondary N) is 1. The van der Waals surface area contributed by atoms with Gasteiger partial charge in [-0.2, -0.15) is 0 Å². The van der Waals surface area contributed by atoms with Gasteiger partial charge in [0.15, 0.2) is 5.16 Å². The van der Waals surface area contributed by atoms with Crippen molar-refractivity contribution in [2.45, 2.75) is 37.1 Å². The van der Waals surface area contributed by atoms with Crippen LogP contribution in [0.3, 0.4) is 0 Å². The molecule has 1 amide bonds. The Bertz CT molecular complexity index is 1010. The first kappa shape index (κ1) is 23.3. The second-order valence-electron chi connectivity index (χ2n) is 7.19. The standard InChI is InChI=1S/C23H27ClN4O2S/c1-17-6-3-9-20(14-17)28-21(10-11-22(29)25-12-5-13-30-2)26-27-23(28)31-16-18-7-4-8-19(24)15-18/h3-4,6-9,14-15H,5,10-13,16H2,1-2H3,(H,25,29).